The predicted molar refractivity (Wildman–Crippen MR) is 132 cm³/mol. The Morgan fingerprint density at radius 2 is 1.82 bits per heavy atom. The van der Waals surface area contributed by atoms with Crippen LogP contribution in [0.5, 0.6) is 5.75 Å². The molecule has 3 aromatic rings. The molecule has 2 aromatic carbocycles. The summed E-state index contributed by atoms with van der Waals surface area (Å²) in [6.45, 7) is 2.49. The fourth-order valence-electron chi connectivity index (χ4n) is 3.09. The highest BCUT2D eigenvalue weighted by Gasteiger charge is 2.17. The summed E-state index contributed by atoms with van der Waals surface area (Å²) in [5.41, 5.74) is 4.26. The summed E-state index contributed by atoms with van der Waals surface area (Å²) in [4.78, 5) is 15.4. The lowest BCUT2D eigenvalue weighted by Gasteiger charge is -2.27. The first kappa shape index (κ1) is 23.3. The Morgan fingerprint density at radius 1 is 1.09 bits per heavy atom. The minimum absolute atomic E-state index is 0.250. The normalized spacial score (nSPS) is 13.9. The average molecular weight is 581 g/mol. The Bertz CT molecular complexity index is 1140. The Morgan fingerprint density at radius 3 is 2.55 bits per heavy atom. The maximum absolute atomic E-state index is 13.3. The van der Waals surface area contributed by atoms with E-state index in [0.717, 1.165) is 14.5 Å². The summed E-state index contributed by atoms with van der Waals surface area (Å²) in [7, 11) is 1.59. The molecule has 0 saturated carbocycles. The first-order valence-electron chi connectivity index (χ1n) is 9.95. The molecule has 33 heavy (non-hydrogen) atoms. The summed E-state index contributed by atoms with van der Waals surface area (Å²) in [6, 6.07) is 9.70. The van der Waals surface area contributed by atoms with Gasteiger partial charge in [0.05, 0.1) is 31.0 Å². The minimum atomic E-state index is -0.323. The molecule has 1 saturated heterocycles. The summed E-state index contributed by atoms with van der Waals surface area (Å²) in [5, 5.41) is 7.36. The summed E-state index contributed by atoms with van der Waals surface area (Å²) in [5.74, 6) is 1.36. The number of rotatable bonds is 7. The maximum Gasteiger partial charge on any atom is 0.250 e. The van der Waals surface area contributed by atoms with Gasteiger partial charge in [0.15, 0.2) is 0 Å². The smallest absolute Gasteiger partial charge is 0.250 e. The van der Waals surface area contributed by atoms with Crippen molar-refractivity contribution in [3.63, 3.8) is 0 Å². The Kier molecular flexibility index (Phi) is 7.68. The van der Waals surface area contributed by atoms with Crippen LogP contribution in [0.4, 0.5) is 27.9 Å². The molecule has 0 amide bonds. The molecule has 0 bridgehead atoms. The first-order valence-corrected chi connectivity index (χ1v) is 11.5. The van der Waals surface area contributed by atoms with Crippen LogP contribution < -0.4 is 20.4 Å². The van der Waals surface area contributed by atoms with Crippen LogP contribution in [0.15, 0.2) is 50.4 Å². The molecule has 0 unspecified atom stereocenters. The van der Waals surface area contributed by atoms with Gasteiger partial charge in [0.25, 0.3) is 0 Å². The number of ether oxygens (including phenoxy) is 2. The van der Waals surface area contributed by atoms with Crippen molar-refractivity contribution in [1.82, 2.24) is 15.0 Å². The van der Waals surface area contributed by atoms with E-state index >= 15 is 0 Å². The number of benzene rings is 2. The van der Waals surface area contributed by atoms with Gasteiger partial charge in [-0.05, 0) is 52.3 Å². The lowest BCUT2D eigenvalue weighted by atomic mass is 10.2. The topological polar surface area (TPSA) is 96.8 Å². The van der Waals surface area contributed by atoms with Gasteiger partial charge in [-0.3, -0.25) is 0 Å². The average Bonchev–Trinajstić information content (AvgIpc) is 2.81. The molecule has 1 aliphatic heterocycles. The van der Waals surface area contributed by atoms with Crippen molar-refractivity contribution in [1.29, 1.82) is 0 Å². The number of aromatic nitrogens is 3. The zero-order valence-electron chi connectivity index (χ0n) is 17.6. The van der Waals surface area contributed by atoms with Crippen molar-refractivity contribution < 1.29 is 13.9 Å². The predicted octanol–water partition coefficient (Wildman–Crippen LogP) is 4.57. The van der Waals surface area contributed by atoms with Crippen molar-refractivity contribution in [3.8, 4) is 5.75 Å². The van der Waals surface area contributed by atoms with Crippen LogP contribution >= 0.6 is 31.9 Å². The number of hydrazone groups is 1. The largest absolute Gasteiger partial charge is 0.495 e. The molecule has 172 valence electrons. The third-order valence-corrected chi connectivity index (χ3v) is 5.67. The third-order valence-electron chi connectivity index (χ3n) is 4.63. The number of hydrogen-bond acceptors (Lipinski definition) is 9. The fraction of sp³-hybridized carbons (Fsp3) is 0.238. The SMILES string of the molecule is COc1c(Br)cc(Br)cc1C=NNc1nc(Nc2ccc(F)cc2)nc(N2CCOCC2)n1. The van der Waals surface area contributed by atoms with E-state index in [4.69, 9.17) is 9.47 Å². The Hall–Kier alpha value is -2.83. The number of nitrogens with zero attached hydrogens (tertiary/aromatic N) is 5. The number of nitrogens with one attached hydrogen (secondary N) is 2. The van der Waals surface area contributed by atoms with Gasteiger partial charge in [-0.1, -0.05) is 15.9 Å². The summed E-state index contributed by atoms with van der Waals surface area (Å²) in [6.07, 6.45) is 1.61. The van der Waals surface area contributed by atoms with Gasteiger partial charge in [-0.25, -0.2) is 9.82 Å². The van der Waals surface area contributed by atoms with E-state index in [-0.39, 0.29) is 11.8 Å². The van der Waals surface area contributed by atoms with Gasteiger partial charge in [0.1, 0.15) is 11.6 Å². The van der Waals surface area contributed by atoms with Gasteiger partial charge in [-0.2, -0.15) is 20.1 Å². The molecule has 1 aliphatic rings. The second-order valence-electron chi connectivity index (χ2n) is 6.89. The van der Waals surface area contributed by atoms with Crippen molar-refractivity contribution >= 4 is 61.6 Å². The maximum atomic E-state index is 13.3. The first-order chi connectivity index (χ1) is 16.0. The van der Waals surface area contributed by atoms with E-state index in [1.54, 1.807) is 25.5 Å². The molecule has 0 spiro atoms. The van der Waals surface area contributed by atoms with Crippen molar-refractivity contribution in [2.75, 3.05) is 49.1 Å². The van der Waals surface area contributed by atoms with Crippen LogP contribution in [-0.4, -0.2) is 54.6 Å². The number of halogens is 3. The summed E-state index contributed by atoms with van der Waals surface area (Å²) < 4.78 is 25.8. The molecule has 0 radical (unpaired) electrons. The van der Waals surface area contributed by atoms with Gasteiger partial charge >= 0.3 is 0 Å². The van der Waals surface area contributed by atoms with Crippen LogP contribution in [0.25, 0.3) is 0 Å². The standard InChI is InChI=1S/C21H20Br2FN7O2/c1-32-18-13(10-14(22)11-17(18)23)12-25-30-20-27-19(26-16-4-2-15(24)3-5-16)28-21(29-20)31-6-8-33-9-7-31/h2-5,10-12H,6-9H2,1H3,(H2,26,27,28,29,30). The monoisotopic (exact) mass is 579 g/mol. The second kappa shape index (κ2) is 10.9. The fourth-order valence-corrected chi connectivity index (χ4v) is 4.51. The molecule has 0 atom stereocenters. The molecule has 1 fully saturated rings. The Labute approximate surface area is 206 Å². The van der Waals surface area contributed by atoms with Gasteiger partial charge in [0.2, 0.25) is 17.8 Å². The van der Waals surface area contributed by atoms with Crippen LogP contribution in [0, 0.1) is 5.82 Å². The molecule has 4 rings (SSSR count). The van der Waals surface area contributed by atoms with Gasteiger partial charge < -0.3 is 19.7 Å². The van der Waals surface area contributed by atoms with Crippen LogP contribution in [0.1, 0.15) is 5.56 Å². The lowest BCUT2D eigenvalue weighted by molar-refractivity contribution is 0.122. The highest BCUT2D eigenvalue weighted by molar-refractivity contribution is 9.11. The van der Waals surface area contributed by atoms with Gasteiger partial charge in [-0.15, -0.1) is 0 Å². The van der Waals surface area contributed by atoms with Crippen molar-refractivity contribution in [3.05, 3.63) is 56.7 Å². The molecule has 2 heterocycles. The van der Waals surface area contributed by atoms with E-state index in [1.807, 2.05) is 17.0 Å². The molecule has 2 N–H and O–H groups in total. The molecule has 9 nitrogen and oxygen atoms in total. The second-order valence-corrected chi connectivity index (χ2v) is 8.66. The molecule has 1 aromatic heterocycles. The zero-order chi connectivity index (χ0) is 23.2. The zero-order valence-corrected chi connectivity index (χ0v) is 20.7. The molecule has 0 aliphatic carbocycles. The summed E-state index contributed by atoms with van der Waals surface area (Å²) >= 11 is 6.94. The van der Waals surface area contributed by atoms with Crippen LogP contribution in [0.3, 0.4) is 0 Å². The molecular weight excluding hydrogens is 561 g/mol. The van der Waals surface area contributed by atoms with Crippen molar-refractivity contribution in [2.45, 2.75) is 0 Å². The highest BCUT2D eigenvalue weighted by Crippen LogP contribution is 2.31. The van der Waals surface area contributed by atoms with Gasteiger partial charge in [0, 0.05) is 28.8 Å². The molecular formula is C21H20Br2FN7O2. The highest BCUT2D eigenvalue weighted by atomic mass is 79.9. The van der Waals surface area contributed by atoms with E-state index in [1.165, 1.54) is 12.1 Å². The lowest BCUT2D eigenvalue weighted by Crippen LogP contribution is -2.37. The third kappa shape index (κ3) is 6.15. The van der Waals surface area contributed by atoms with E-state index in [9.17, 15) is 4.39 Å². The number of hydrogen-bond donors (Lipinski definition) is 2. The van der Waals surface area contributed by atoms with Crippen LogP contribution in [0.2, 0.25) is 0 Å². The number of anilines is 4. The Balaban J connectivity index is 1.59. The number of methoxy groups -OCH3 is 1. The molecule has 12 heteroatoms. The minimum Gasteiger partial charge on any atom is -0.495 e. The van der Waals surface area contributed by atoms with E-state index in [0.29, 0.717) is 49.6 Å². The number of morpholine rings is 1. The van der Waals surface area contributed by atoms with E-state index < -0.39 is 0 Å². The quantitative estimate of drug-likeness (QED) is 0.310. The van der Waals surface area contributed by atoms with Crippen molar-refractivity contribution in [2.24, 2.45) is 5.10 Å². The van der Waals surface area contributed by atoms with E-state index in [2.05, 4.69) is 62.7 Å². The van der Waals surface area contributed by atoms with Crippen LogP contribution in [-0.2, 0) is 4.74 Å².